The van der Waals surface area contributed by atoms with Gasteiger partial charge in [0.2, 0.25) is 0 Å². The third-order valence-corrected chi connectivity index (χ3v) is 3.17. The lowest BCUT2D eigenvalue weighted by molar-refractivity contribution is 0.0601. The minimum absolute atomic E-state index is 0.348. The van der Waals surface area contributed by atoms with E-state index in [0.717, 1.165) is 30.6 Å². The molecular weight excluding hydrogens is 268 g/mol. The number of rotatable bonds is 5. The number of benzene rings is 1. The van der Waals surface area contributed by atoms with Crippen LogP contribution >= 0.6 is 0 Å². The first-order valence-corrected chi connectivity index (χ1v) is 6.74. The topological polar surface area (TPSA) is 80.8 Å². The molecule has 6 heteroatoms. The second-order valence-electron chi connectivity index (χ2n) is 4.55. The predicted molar refractivity (Wildman–Crippen MR) is 76.0 cm³/mol. The molecular formula is C15H16N4O2. The van der Waals surface area contributed by atoms with Gasteiger partial charge in [-0.05, 0) is 37.1 Å². The zero-order chi connectivity index (χ0) is 15.2. The SMILES string of the molecule is CCCCc1c(C#N)nnn1-c1ccc(C(=O)OC)cc1. The summed E-state index contributed by atoms with van der Waals surface area (Å²) in [5.74, 6) is -0.385. The minimum Gasteiger partial charge on any atom is -0.465 e. The van der Waals surface area contributed by atoms with Crippen LogP contribution in [0.25, 0.3) is 5.69 Å². The van der Waals surface area contributed by atoms with Crippen LogP contribution in [-0.2, 0) is 11.2 Å². The average molecular weight is 284 g/mol. The average Bonchev–Trinajstić information content (AvgIpc) is 2.95. The minimum atomic E-state index is -0.385. The number of hydrogen-bond donors (Lipinski definition) is 0. The van der Waals surface area contributed by atoms with Crippen LogP contribution in [0.3, 0.4) is 0 Å². The molecule has 0 bridgehead atoms. The summed E-state index contributed by atoms with van der Waals surface area (Å²) in [6.45, 7) is 2.09. The van der Waals surface area contributed by atoms with E-state index in [9.17, 15) is 4.79 Å². The van der Waals surface area contributed by atoms with Gasteiger partial charge < -0.3 is 4.74 Å². The summed E-state index contributed by atoms with van der Waals surface area (Å²) in [4.78, 5) is 11.4. The molecule has 0 saturated carbocycles. The Bertz CT molecular complexity index is 668. The van der Waals surface area contributed by atoms with Crippen LogP contribution in [-0.4, -0.2) is 28.1 Å². The molecule has 1 aromatic carbocycles. The molecule has 0 aliphatic carbocycles. The van der Waals surface area contributed by atoms with Crippen molar-refractivity contribution in [2.75, 3.05) is 7.11 Å². The van der Waals surface area contributed by atoms with Crippen LogP contribution < -0.4 is 0 Å². The number of nitriles is 1. The summed E-state index contributed by atoms with van der Waals surface area (Å²) in [5, 5.41) is 17.0. The van der Waals surface area contributed by atoms with Crippen molar-refractivity contribution in [3.8, 4) is 11.8 Å². The van der Waals surface area contributed by atoms with Gasteiger partial charge in [0.25, 0.3) is 0 Å². The molecule has 0 unspecified atom stereocenters. The van der Waals surface area contributed by atoms with Gasteiger partial charge in [0.15, 0.2) is 5.69 Å². The monoisotopic (exact) mass is 284 g/mol. The van der Waals surface area contributed by atoms with Gasteiger partial charge in [0, 0.05) is 0 Å². The number of aromatic nitrogens is 3. The smallest absolute Gasteiger partial charge is 0.337 e. The van der Waals surface area contributed by atoms with E-state index in [1.807, 2.05) is 0 Å². The number of methoxy groups -OCH3 is 1. The number of esters is 1. The standard InChI is InChI=1S/C15H16N4O2/c1-3-4-5-14-13(10-16)17-18-19(14)12-8-6-11(7-9-12)15(20)21-2/h6-9H,3-5H2,1-2H3. The van der Waals surface area contributed by atoms with Crippen molar-refractivity contribution >= 4 is 5.97 Å². The zero-order valence-electron chi connectivity index (χ0n) is 12.0. The van der Waals surface area contributed by atoms with E-state index in [1.54, 1.807) is 28.9 Å². The molecule has 1 aromatic heterocycles. The Balaban J connectivity index is 2.35. The summed E-state index contributed by atoms with van der Waals surface area (Å²) in [5.41, 5.74) is 2.38. The van der Waals surface area contributed by atoms with Gasteiger partial charge in [0.1, 0.15) is 6.07 Å². The highest BCUT2D eigenvalue weighted by Crippen LogP contribution is 2.16. The molecule has 0 aliphatic heterocycles. The summed E-state index contributed by atoms with van der Waals surface area (Å²) < 4.78 is 6.31. The van der Waals surface area contributed by atoms with Crippen LogP contribution in [0.2, 0.25) is 0 Å². The number of hydrogen-bond acceptors (Lipinski definition) is 5. The molecule has 108 valence electrons. The van der Waals surface area contributed by atoms with E-state index in [0.29, 0.717) is 11.3 Å². The highest BCUT2D eigenvalue weighted by atomic mass is 16.5. The van der Waals surface area contributed by atoms with Gasteiger partial charge in [0.05, 0.1) is 24.1 Å². The number of carbonyl (C=O) groups is 1. The molecule has 2 aromatic rings. The van der Waals surface area contributed by atoms with Crippen molar-refractivity contribution in [1.29, 1.82) is 5.26 Å². The Morgan fingerprint density at radius 1 is 1.38 bits per heavy atom. The Morgan fingerprint density at radius 3 is 2.67 bits per heavy atom. The fourth-order valence-electron chi connectivity index (χ4n) is 2.02. The van der Waals surface area contributed by atoms with Crippen LogP contribution in [0.5, 0.6) is 0 Å². The van der Waals surface area contributed by atoms with Crippen molar-refractivity contribution in [3.05, 3.63) is 41.2 Å². The summed E-state index contributed by atoms with van der Waals surface area (Å²) >= 11 is 0. The lowest BCUT2D eigenvalue weighted by atomic mass is 10.1. The maximum absolute atomic E-state index is 11.4. The molecule has 0 atom stereocenters. The third-order valence-electron chi connectivity index (χ3n) is 3.17. The van der Waals surface area contributed by atoms with Crippen molar-refractivity contribution in [2.24, 2.45) is 0 Å². The summed E-state index contributed by atoms with van der Waals surface area (Å²) in [6, 6.07) is 8.92. The fraction of sp³-hybridized carbons (Fsp3) is 0.333. The maximum atomic E-state index is 11.4. The Kier molecular flexibility index (Phi) is 4.67. The second-order valence-corrected chi connectivity index (χ2v) is 4.55. The molecule has 0 N–H and O–H groups in total. The lowest BCUT2D eigenvalue weighted by Gasteiger charge is -2.07. The maximum Gasteiger partial charge on any atom is 0.337 e. The quantitative estimate of drug-likeness (QED) is 0.787. The van der Waals surface area contributed by atoms with Gasteiger partial charge in [-0.25, -0.2) is 9.48 Å². The number of carbonyl (C=O) groups excluding carboxylic acids is 1. The lowest BCUT2D eigenvalue weighted by Crippen LogP contribution is -2.05. The summed E-state index contributed by atoms with van der Waals surface area (Å²) in [7, 11) is 1.34. The molecule has 0 spiro atoms. The molecule has 0 amide bonds. The van der Waals surface area contributed by atoms with Crippen LogP contribution in [0.15, 0.2) is 24.3 Å². The zero-order valence-corrected chi connectivity index (χ0v) is 12.0. The van der Waals surface area contributed by atoms with Gasteiger partial charge in [-0.2, -0.15) is 5.26 Å². The highest BCUT2D eigenvalue weighted by Gasteiger charge is 2.14. The van der Waals surface area contributed by atoms with Crippen molar-refractivity contribution < 1.29 is 9.53 Å². The second kappa shape index (κ2) is 6.66. The van der Waals surface area contributed by atoms with E-state index in [-0.39, 0.29) is 5.97 Å². The van der Waals surface area contributed by atoms with Crippen molar-refractivity contribution in [2.45, 2.75) is 26.2 Å². The molecule has 0 fully saturated rings. The molecule has 0 radical (unpaired) electrons. The van der Waals surface area contributed by atoms with Gasteiger partial charge in [-0.1, -0.05) is 18.6 Å². The van der Waals surface area contributed by atoms with E-state index < -0.39 is 0 Å². The molecule has 0 saturated heterocycles. The largest absolute Gasteiger partial charge is 0.465 e. The van der Waals surface area contributed by atoms with Gasteiger partial charge >= 0.3 is 5.97 Å². The van der Waals surface area contributed by atoms with Crippen LogP contribution in [0.4, 0.5) is 0 Å². The van der Waals surface area contributed by atoms with Crippen molar-refractivity contribution in [1.82, 2.24) is 15.0 Å². The summed E-state index contributed by atoms with van der Waals surface area (Å²) in [6.07, 6.45) is 2.73. The fourth-order valence-corrected chi connectivity index (χ4v) is 2.02. The van der Waals surface area contributed by atoms with E-state index >= 15 is 0 Å². The first-order chi connectivity index (χ1) is 10.2. The highest BCUT2D eigenvalue weighted by molar-refractivity contribution is 5.89. The number of unbranched alkanes of at least 4 members (excludes halogenated alkanes) is 1. The molecule has 6 nitrogen and oxygen atoms in total. The van der Waals surface area contributed by atoms with Gasteiger partial charge in [-0.3, -0.25) is 0 Å². The van der Waals surface area contributed by atoms with Gasteiger partial charge in [-0.15, -0.1) is 5.10 Å². The van der Waals surface area contributed by atoms with E-state index in [1.165, 1.54) is 7.11 Å². The Hall–Kier alpha value is -2.68. The van der Waals surface area contributed by atoms with Crippen molar-refractivity contribution in [3.63, 3.8) is 0 Å². The van der Waals surface area contributed by atoms with E-state index in [4.69, 9.17) is 5.26 Å². The first kappa shape index (κ1) is 14.7. The normalized spacial score (nSPS) is 10.1. The first-order valence-electron chi connectivity index (χ1n) is 6.74. The van der Waals surface area contributed by atoms with Crippen LogP contribution in [0, 0.1) is 11.3 Å². The Morgan fingerprint density at radius 2 is 2.10 bits per heavy atom. The number of ether oxygens (including phenoxy) is 1. The predicted octanol–water partition coefficient (Wildman–Crippen LogP) is 2.27. The van der Waals surface area contributed by atoms with E-state index in [2.05, 4.69) is 28.0 Å². The number of nitrogens with zero attached hydrogens (tertiary/aromatic N) is 4. The third kappa shape index (κ3) is 3.08. The Labute approximate surface area is 123 Å². The molecule has 21 heavy (non-hydrogen) atoms. The van der Waals surface area contributed by atoms with Crippen LogP contribution in [0.1, 0.15) is 41.5 Å². The molecule has 2 rings (SSSR count). The molecule has 1 heterocycles. The molecule has 0 aliphatic rings.